The van der Waals surface area contributed by atoms with Gasteiger partial charge >= 0.3 is 12.2 Å². The average Bonchev–Trinajstić information content (AvgIpc) is 2.67. The molecule has 5 nitrogen and oxygen atoms in total. The van der Waals surface area contributed by atoms with Crippen LogP contribution in [0.1, 0.15) is 11.1 Å². The van der Waals surface area contributed by atoms with Crippen LogP contribution in [0.3, 0.4) is 0 Å². The van der Waals surface area contributed by atoms with Gasteiger partial charge in [0.25, 0.3) is 0 Å². The number of hydrogen-bond donors (Lipinski definition) is 1. The smallest absolute Gasteiger partial charge is 0.418 e. The minimum Gasteiger partial charge on any atom is -0.495 e. The second-order valence-corrected chi connectivity index (χ2v) is 6.62. The summed E-state index contributed by atoms with van der Waals surface area (Å²) in [6.45, 7) is 3.21. The lowest BCUT2D eigenvalue weighted by Crippen LogP contribution is -2.50. The molecular formula is C20H22F3N3O2. The molecule has 1 N–H and O–H groups in total. The number of aryl methyl sites for hydroxylation is 1. The maximum Gasteiger partial charge on any atom is 0.418 e. The van der Waals surface area contributed by atoms with Crippen LogP contribution >= 0.6 is 0 Å². The van der Waals surface area contributed by atoms with Crippen LogP contribution < -0.4 is 15.0 Å². The van der Waals surface area contributed by atoms with Gasteiger partial charge in [-0.3, -0.25) is 0 Å². The summed E-state index contributed by atoms with van der Waals surface area (Å²) in [5, 5.41) is 2.83. The molecule has 0 radical (unpaired) electrons. The van der Waals surface area contributed by atoms with Crippen molar-refractivity contribution in [2.75, 3.05) is 43.5 Å². The molecule has 1 heterocycles. The third-order valence-corrected chi connectivity index (χ3v) is 4.71. The second-order valence-electron chi connectivity index (χ2n) is 6.62. The Morgan fingerprint density at radius 3 is 2.39 bits per heavy atom. The first-order valence-corrected chi connectivity index (χ1v) is 8.91. The van der Waals surface area contributed by atoms with Crippen LogP contribution in [0.25, 0.3) is 0 Å². The van der Waals surface area contributed by atoms with E-state index in [0.29, 0.717) is 37.6 Å². The van der Waals surface area contributed by atoms with E-state index in [1.165, 1.54) is 19.2 Å². The Morgan fingerprint density at radius 1 is 1.07 bits per heavy atom. The quantitative estimate of drug-likeness (QED) is 0.842. The number of ether oxygens (including phenoxy) is 1. The van der Waals surface area contributed by atoms with Crippen LogP contribution in [-0.4, -0.2) is 44.2 Å². The molecule has 8 heteroatoms. The van der Waals surface area contributed by atoms with Gasteiger partial charge in [-0.15, -0.1) is 0 Å². The van der Waals surface area contributed by atoms with Gasteiger partial charge in [-0.1, -0.05) is 18.2 Å². The summed E-state index contributed by atoms with van der Waals surface area (Å²) in [7, 11) is 1.52. The lowest BCUT2D eigenvalue weighted by atomic mass is 10.1. The van der Waals surface area contributed by atoms with E-state index in [4.69, 9.17) is 4.74 Å². The SMILES string of the molecule is COc1ccc(C)cc1NC(=O)N1CCN(c2ccccc2C(F)(F)F)CC1. The molecule has 0 aromatic heterocycles. The number of piperazine rings is 1. The predicted molar refractivity (Wildman–Crippen MR) is 102 cm³/mol. The molecule has 150 valence electrons. The van der Waals surface area contributed by atoms with Gasteiger partial charge in [-0.2, -0.15) is 13.2 Å². The molecule has 2 aromatic rings. The number of hydrogen-bond acceptors (Lipinski definition) is 3. The number of carbonyl (C=O) groups excluding carboxylic acids is 1. The standard InChI is InChI=1S/C20H22F3N3O2/c1-14-7-8-18(28-2)16(13-14)24-19(27)26-11-9-25(10-12-26)17-6-4-3-5-15(17)20(21,22)23/h3-8,13H,9-12H2,1-2H3,(H,24,27). The van der Waals surface area contributed by atoms with Crippen molar-refractivity contribution in [3.05, 3.63) is 53.6 Å². The average molecular weight is 393 g/mol. The summed E-state index contributed by atoms with van der Waals surface area (Å²) in [6.07, 6.45) is -4.41. The Balaban J connectivity index is 1.66. The van der Waals surface area contributed by atoms with Gasteiger partial charge in [-0.05, 0) is 36.8 Å². The van der Waals surface area contributed by atoms with E-state index in [1.807, 2.05) is 19.1 Å². The fourth-order valence-electron chi connectivity index (χ4n) is 3.25. The van der Waals surface area contributed by atoms with Gasteiger partial charge in [-0.25, -0.2) is 4.79 Å². The molecule has 0 unspecified atom stereocenters. The van der Waals surface area contributed by atoms with Crippen molar-refractivity contribution < 1.29 is 22.7 Å². The van der Waals surface area contributed by atoms with Gasteiger partial charge in [0.05, 0.1) is 18.4 Å². The summed E-state index contributed by atoms with van der Waals surface area (Å²) in [4.78, 5) is 15.8. The Labute approximate surface area is 161 Å². The molecule has 1 aliphatic heterocycles. The number of anilines is 2. The van der Waals surface area contributed by atoms with Crippen LogP contribution in [0.5, 0.6) is 5.75 Å². The highest BCUT2D eigenvalue weighted by atomic mass is 19.4. The Hall–Kier alpha value is -2.90. The number of alkyl halides is 3. The third-order valence-electron chi connectivity index (χ3n) is 4.71. The van der Waals surface area contributed by atoms with E-state index in [9.17, 15) is 18.0 Å². The molecule has 2 aromatic carbocycles. The Morgan fingerprint density at radius 2 is 1.75 bits per heavy atom. The highest BCUT2D eigenvalue weighted by molar-refractivity contribution is 5.91. The molecule has 28 heavy (non-hydrogen) atoms. The van der Waals surface area contributed by atoms with Crippen LogP contribution in [0.15, 0.2) is 42.5 Å². The number of rotatable bonds is 3. The number of nitrogens with zero attached hydrogens (tertiary/aromatic N) is 2. The first-order chi connectivity index (χ1) is 13.3. The number of nitrogens with one attached hydrogen (secondary N) is 1. The predicted octanol–water partition coefficient (Wildman–Crippen LogP) is 4.38. The molecule has 0 spiro atoms. The summed E-state index contributed by atoms with van der Waals surface area (Å²) in [5.74, 6) is 0.552. The third kappa shape index (κ3) is 4.32. The maximum atomic E-state index is 13.2. The van der Waals surface area contributed by atoms with E-state index >= 15 is 0 Å². The number of para-hydroxylation sites is 1. The molecule has 1 saturated heterocycles. The highest BCUT2D eigenvalue weighted by Crippen LogP contribution is 2.36. The van der Waals surface area contributed by atoms with Gasteiger partial charge in [0.1, 0.15) is 5.75 Å². The van der Waals surface area contributed by atoms with Crippen LogP contribution in [0.4, 0.5) is 29.3 Å². The van der Waals surface area contributed by atoms with E-state index < -0.39 is 11.7 Å². The minimum atomic E-state index is -4.41. The number of halogens is 3. The van der Waals surface area contributed by atoms with Gasteiger partial charge in [0, 0.05) is 31.9 Å². The zero-order valence-corrected chi connectivity index (χ0v) is 15.7. The first-order valence-electron chi connectivity index (χ1n) is 8.91. The monoisotopic (exact) mass is 393 g/mol. The fourth-order valence-corrected chi connectivity index (χ4v) is 3.25. The highest BCUT2D eigenvalue weighted by Gasteiger charge is 2.35. The summed E-state index contributed by atoms with van der Waals surface area (Å²) >= 11 is 0. The zero-order chi connectivity index (χ0) is 20.3. The second kappa shape index (κ2) is 8.00. The molecule has 1 fully saturated rings. The summed E-state index contributed by atoms with van der Waals surface area (Å²) in [5.41, 5.74) is 1.04. The van der Waals surface area contributed by atoms with E-state index in [1.54, 1.807) is 21.9 Å². The largest absolute Gasteiger partial charge is 0.495 e. The lowest BCUT2D eigenvalue weighted by Gasteiger charge is -2.37. The van der Waals surface area contributed by atoms with Crippen molar-refractivity contribution in [2.45, 2.75) is 13.1 Å². The summed E-state index contributed by atoms with van der Waals surface area (Å²) < 4.78 is 45.0. The Kier molecular flexibility index (Phi) is 5.67. The zero-order valence-electron chi connectivity index (χ0n) is 15.7. The van der Waals surface area contributed by atoms with Crippen LogP contribution in [0.2, 0.25) is 0 Å². The normalized spacial score (nSPS) is 14.8. The van der Waals surface area contributed by atoms with Crippen molar-refractivity contribution in [3.8, 4) is 5.75 Å². The first kappa shape index (κ1) is 19.9. The number of carbonyl (C=O) groups is 1. The number of amides is 2. The Bertz CT molecular complexity index is 847. The molecule has 2 amide bonds. The minimum absolute atomic E-state index is 0.149. The topological polar surface area (TPSA) is 44.8 Å². The van der Waals surface area contributed by atoms with E-state index in [-0.39, 0.29) is 11.7 Å². The lowest BCUT2D eigenvalue weighted by molar-refractivity contribution is -0.137. The number of urea groups is 1. The van der Waals surface area contributed by atoms with Crippen LogP contribution in [-0.2, 0) is 6.18 Å². The number of methoxy groups -OCH3 is 1. The van der Waals surface area contributed by atoms with Gasteiger partial charge < -0.3 is 19.9 Å². The molecule has 3 rings (SSSR count). The summed E-state index contributed by atoms with van der Waals surface area (Å²) in [6, 6.07) is 10.7. The van der Waals surface area contributed by atoms with E-state index in [2.05, 4.69) is 5.32 Å². The maximum absolute atomic E-state index is 13.2. The van der Waals surface area contributed by atoms with Crippen molar-refractivity contribution in [1.82, 2.24) is 4.90 Å². The number of benzene rings is 2. The van der Waals surface area contributed by atoms with Crippen molar-refractivity contribution in [2.24, 2.45) is 0 Å². The van der Waals surface area contributed by atoms with Crippen LogP contribution in [0, 0.1) is 6.92 Å². The molecule has 0 atom stereocenters. The van der Waals surface area contributed by atoms with Crippen molar-refractivity contribution >= 4 is 17.4 Å². The molecule has 0 bridgehead atoms. The molecule has 0 aliphatic carbocycles. The van der Waals surface area contributed by atoms with Gasteiger partial charge in [0.2, 0.25) is 0 Å². The van der Waals surface area contributed by atoms with Crippen molar-refractivity contribution in [1.29, 1.82) is 0 Å². The molecular weight excluding hydrogens is 371 g/mol. The van der Waals surface area contributed by atoms with Crippen molar-refractivity contribution in [3.63, 3.8) is 0 Å². The fraction of sp³-hybridized carbons (Fsp3) is 0.350. The molecule has 0 saturated carbocycles. The van der Waals surface area contributed by atoms with E-state index in [0.717, 1.165) is 11.6 Å². The molecule has 1 aliphatic rings. The van der Waals surface area contributed by atoms with Gasteiger partial charge in [0.15, 0.2) is 0 Å².